The van der Waals surface area contributed by atoms with Gasteiger partial charge in [0.25, 0.3) is 0 Å². The van der Waals surface area contributed by atoms with Crippen molar-refractivity contribution in [1.29, 1.82) is 0 Å². The van der Waals surface area contributed by atoms with Crippen LogP contribution in [-0.4, -0.2) is 54.4 Å². The molecule has 0 unspecified atom stereocenters. The predicted molar refractivity (Wildman–Crippen MR) is 135 cm³/mol. The molecule has 0 saturated carbocycles. The van der Waals surface area contributed by atoms with Gasteiger partial charge in [0.1, 0.15) is 12.4 Å². The van der Waals surface area contributed by atoms with Crippen LogP contribution in [0.4, 0.5) is 0 Å². The van der Waals surface area contributed by atoms with Crippen molar-refractivity contribution in [3.8, 4) is 5.75 Å². The fraction of sp³-hybridized carbons (Fsp3) is 0.455. The van der Waals surface area contributed by atoms with Crippen LogP contribution in [-0.2, 0) is 23.0 Å². The normalized spacial score (nSPS) is 17.5. The SMILES string of the molecule is CCNC(=NCc1cccc(OCc2ccccn2)c1)N1CCS(=O)(=O)C(C)(C)C1.I. The molecule has 31 heavy (non-hydrogen) atoms. The zero-order chi connectivity index (χ0) is 21.6. The molecule has 0 amide bonds. The summed E-state index contributed by atoms with van der Waals surface area (Å²) >= 11 is 0. The molecule has 1 aromatic carbocycles. The van der Waals surface area contributed by atoms with Crippen LogP contribution in [0.2, 0.25) is 0 Å². The molecule has 3 rings (SSSR count). The maximum Gasteiger partial charge on any atom is 0.194 e. The number of aromatic nitrogens is 1. The molecule has 7 nitrogen and oxygen atoms in total. The number of guanidine groups is 1. The number of hydrogen-bond acceptors (Lipinski definition) is 5. The first kappa shape index (κ1) is 25.4. The van der Waals surface area contributed by atoms with Crippen molar-refractivity contribution in [1.82, 2.24) is 15.2 Å². The van der Waals surface area contributed by atoms with E-state index in [-0.39, 0.29) is 29.7 Å². The fourth-order valence-corrected chi connectivity index (χ4v) is 4.66. The van der Waals surface area contributed by atoms with Crippen LogP contribution in [0, 0.1) is 0 Å². The number of halogens is 1. The quantitative estimate of drug-likeness (QED) is 0.333. The van der Waals surface area contributed by atoms with Gasteiger partial charge in [-0.2, -0.15) is 0 Å². The van der Waals surface area contributed by atoms with Crippen LogP contribution in [0.5, 0.6) is 5.75 Å². The number of sulfone groups is 1. The molecule has 2 heterocycles. The van der Waals surface area contributed by atoms with E-state index < -0.39 is 14.6 Å². The molecule has 1 fully saturated rings. The number of ether oxygens (including phenoxy) is 1. The summed E-state index contributed by atoms with van der Waals surface area (Å²) < 4.78 is 29.7. The second-order valence-electron chi connectivity index (χ2n) is 7.93. The number of nitrogens with one attached hydrogen (secondary N) is 1. The highest BCUT2D eigenvalue weighted by molar-refractivity contribution is 14.0. The summed E-state index contributed by atoms with van der Waals surface area (Å²) in [5.41, 5.74) is 1.89. The molecular formula is C22H31IN4O3S. The van der Waals surface area contributed by atoms with Crippen LogP contribution in [0.25, 0.3) is 0 Å². The molecular weight excluding hydrogens is 527 g/mol. The minimum Gasteiger partial charge on any atom is -0.487 e. The lowest BCUT2D eigenvalue weighted by molar-refractivity contribution is 0.301. The third kappa shape index (κ3) is 6.80. The van der Waals surface area contributed by atoms with Gasteiger partial charge in [0.05, 0.1) is 22.7 Å². The Balaban J connectivity index is 0.00000341. The smallest absolute Gasteiger partial charge is 0.194 e. The Bertz CT molecular complexity index is 981. The molecule has 1 aliphatic rings. The highest BCUT2D eigenvalue weighted by Crippen LogP contribution is 2.24. The lowest BCUT2D eigenvalue weighted by Gasteiger charge is -2.39. The number of nitrogens with zero attached hydrogens (tertiary/aromatic N) is 3. The molecule has 0 spiro atoms. The lowest BCUT2D eigenvalue weighted by Crippen LogP contribution is -2.57. The number of pyridine rings is 1. The van der Waals surface area contributed by atoms with Crippen molar-refractivity contribution in [2.24, 2.45) is 4.99 Å². The second-order valence-corrected chi connectivity index (χ2v) is 10.7. The molecule has 1 saturated heterocycles. The van der Waals surface area contributed by atoms with Crippen molar-refractivity contribution in [3.63, 3.8) is 0 Å². The van der Waals surface area contributed by atoms with Crippen LogP contribution >= 0.6 is 24.0 Å². The number of benzene rings is 1. The van der Waals surface area contributed by atoms with Crippen molar-refractivity contribution in [2.45, 2.75) is 38.7 Å². The Morgan fingerprint density at radius 2 is 2.06 bits per heavy atom. The maximum atomic E-state index is 12.3. The summed E-state index contributed by atoms with van der Waals surface area (Å²) in [6, 6.07) is 13.6. The Kier molecular flexibility index (Phi) is 9.11. The molecule has 1 aliphatic heterocycles. The van der Waals surface area contributed by atoms with E-state index in [1.54, 1.807) is 20.0 Å². The van der Waals surface area contributed by atoms with E-state index in [4.69, 9.17) is 9.73 Å². The Morgan fingerprint density at radius 3 is 2.74 bits per heavy atom. The van der Waals surface area contributed by atoms with Crippen LogP contribution in [0.15, 0.2) is 53.7 Å². The van der Waals surface area contributed by atoms with Crippen molar-refractivity contribution in [3.05, 3.63) is 59.9 Å². The van der Waals surface area contributed by atoms with Crippen molar-refractivity contribution < 1.29 is 13.2 Å². The minimum absolute atomic E-state index is 0. The summed E-state index contributed by atoms with van der Waals surface area (Å²) in [5.74, 6) is 1.64. The van der Waals surface area contributed by atoms with E-state index in [1.807, 2.05) is 54.3 Å². The summed E-state index contributed by atoms with van der Waals surface area (Å²) in [6.07, 6.45) is 1.75. The highest BCUT2D eigenvalue weighted by Gasteiger charge is 2.40. The monoisotopic (exact) mass is 558 g/mol. The molecule has 2 aromatic rings. The molecule has 170 valence electrons. The van der Waals surface area contributed by atoms with Gasteiger partial charge in [0.2, 0.25) is 0 Å². The van der Waals surface area contributed by atoms with E-state index in [1.165, 1.54) is 0 Å². The zero-order valence-electron chi connectivity index (χ0n) is 18.2. The topological polar surface area (TPSA) is 83.9 Å². The van der Waals surface area contributed by atoms with Crippen molar-refractivity contribution >= 4 is 39.8 Å². The van der Waals surface area contributed by atoms with Gasteiger partial charge >= 0.3 is 0 Å². The van der Waals surface area contributed by atoms with Crippen LogP contribution in [0.1, 0.15) is 32.0 Å². The van der Waals surface area contributed by atoms with E-state index in [9.17, 15) is 8.42 Å². The van der Waals surface area contributed by atoms with Gasteiger partial charge in [-0.05, 0) is 50.6 Å². The standard InChI is InChI=1S/C22H30N4O3S.HI/c1-4-23-21(26-12-13-30(27,28)22(2,3)17-26)25-15-18-8-7-10-20(14-18)29-16-19-9-5-6-11-24-19;/h5-11,14H,4,12-13,15-17H2,1-3H3,(H,23,25);1H. The second kappa shape index (κ2) is 11.1. The van der Waals surface area contributed by atoms with Crippen LogP contribution < -0.4 is 10.1 Å². The average Bonchev–Trinajstić information content (AvgIpc) is 2.73. The van der Waals surface area contributed by atoms with Crippen molar-refractivity contribution in [2.75, 3.05) is 25.4 Å². The molecule has 9 heteroatoms. The van der Waals surface area contributed by atoms with Gasteiger partial charge in [-0.25, -0.2) is 13.4 Å². The Hall–Kier alpha value is -1.88. The van der Waals surface area contributed by atoms with Gasteiger partial charge in [-0.15, -0.1) is 24.0 Å². The largest absolute Gasteiger partial charge is 0.487 e. The summed E-state index contributed by atoms with van der Waals surface area (Å²) in [5, 5.41) is 3.29. The lowest BCUT2D eigenvalue weighted by atomic mass is 10.2. The Morgan fingerprint density at radius 1 is 1.26 bits per heavy atom. The summed E-state index contributed by atoms with van der Waals surface area (Å²) in [4.78, 5) is 11.0. The summed E-state index contributed by atoms with van der Waals surface area (Å²) in [6.45, 7) is 8.05. The molecule has 0 radical (unpaired) electrons. The van der Waals surface area contributed by atoms with Crippen LogP contribution in [0.3, 0.4) is 0 Å². The molecule has 1 N–H and O–H groups in total. The summed E-state index contributed by atoms with van der Waals surface area (Å²) in [7, 11) is -3.09. The average molecular weight is 558 g/mol. The third-order valence-electron chi connectivity index (χ3n) is 5.10. The van der Waals surface area contributed by atoms with Gasteiger partial charge in [-0.3, -0.25) is 4.98 Å². The molecule has 0 aliphatic carbocycles. The molecule has 0 atom stereocenters. The first-order valence-corrected chi connectivity index (χ1v) is 11.8. The molecule has 0 bridgehead atoms. The minimum atomic E-state index is -3.09. The highest BCUT2D eigenvalue weighted by atomic mass is 127. The number of aliphatic imine (C=N–C) groups is 1. The van der Waals surface area contributed by atoms with Gasteiger partial charge < -0.3 is 15.0 Å². The fourth-order valence-electron chi connectivity index (χ4n) is 3.29. The van der Waals surface area contributed by atoms with E-state index >= 15 is 0 Å². The first-order chi connectivity index (χ1) is 14.3. The van der Waals surface area contributed by atoms with E-state index in [0.29, 0.717) is 26.2 Å². The third-order valence-corrected chi connectivity index (χ3v) is 7.63. The maximum absolute atomic E-state index is 12.3. The Labute approximate surface area is 202 Å². The van der Waals surface area contributed by atoms with Gasteiger partial charge in [-0.1, -0.05) is 18.2 Å². The number of rotatable bonds is 6. The van der Waals surface area contributed by atoms with Gasteiger partial charge in [0, 0.05) is 25.8 Å². The van der Waals surface area contributed by atoms with E-state index in [2.05, 4.69) is 10.3 Å². The first-order valence-electron chi connectivity index (χ1n) is 10.2. The van der Waals surface area contributed by atoms with Gasteiger partial charge in [0.15, 0.2) is 15.8 Å². The molecule has 1 aromatic heterocycles. The zero-order valence-corrected chi connectivity index (χ0v) is 21.4. The van der Waals surface area contributed by atoms with E-state index in [0.717, 1.165) is 29.5 Å². The number of hydrogen-bond donors (Lipinski definition) is 1. The predicted octanol–water partition coefficient (Wildman–Crippen LogP) is 3.25.